The molecule has 2 heterocycles. The number of ether oxygens (including phenoxy) is 3. The molecule has 1 saturated heterocycles. The number of carbonyl (C=O) groups excluding carboxylic acids is 1. The number of likely N-dealkylation sites (N-methyl/N-ethyl adjacent to an activating group) is 1. The fraction of sp³-hybridized carbons (Fsp3) is 0.381. The summed E-state index contributed by atoms with van der Waals surface area (Å²) in [5, 5.41) is 0. The Balaban J connectivity index is 1.56. The maximum Gasteiger partial charge on any atom is 0.244 e. The zero-order valence-corrected chi connectivity index (χ0v) is 15.5. The van der Waals surface area contributed by atoms with Crippen molar-refractivity contribution in [3.05, 3.63) is 59.7 Å². The molecular weight excluding hydrogens is 344 g/mol. The third-order valence-corrected chi connectivity index (χ3v) is 4.98. The van der Waals surface area contributed by atoms with Gasteiger partial charge in [-0.05, 0) is 30.3 Å². The van der Waals surface area contributed by atoms with Crippen LogP contribution in [0.1, 0.15) is 17.2 Å². The molecule has 27 heavy (non-hydrogen) atoms. The topological polar surface area (TPSA) is 51.2 Å². The Labute approximate surface area is 159 Å². The summed E-state index contributed by atoms with van der Waals surface area (Å²) in [5.41, 5.74) is 2.08. The van der Waals surface area contributed by atoms with E-state index in [1.165, 1.54) is 0 Å². The molecule has 4 rings (SSSR count). The molecule has 1 fully saturated rings. The molecule has 0 N–H and O–H groups in total. The lowest BCUT2D eigenvalue weighted by Gasteiger charge is -2.34. The van der Waals surface area contributed by atoms with Gasteiger partial charge in [-0.15, -0.1) is 0 Å². The zero-order valence-electron chi connectivity index (χ0n) is 15.5. The van der Waals surface area contributed by atoms with Crippen LogP contribution in [0.4, 0.5) is 0 Å². The van der Waals surface area contributed by atoms with Crippen LogP contribution in [-0.4, -0.2) is 55.9 Å². The Hall–Kier alpha value is -2.57. The predicted octanol–water partition coefficient (Wildman–Crippen LogP) is 2.45. The largest absolute Gasteiger partial charge is 0.454 e. The standard InChI is InChI=1S/C21H24N2O4/c1-22(14-16-7-8-18-19(13-16)27-15-26-18)20(17-5-3-2-4-6-17)21(24)23-9-11-25-12-10-23/h2-8,13,20H,9-12,14-15H2,1H3. The number of rotatable bonds is 5. The van der Waals surface area contributed by atoms with E-state index in [9.17, 15) is 4.79 Å². The highest BCUT2D eigenvalue weighted by Gasteiger charge is 2.30. The van der Waals surface area contributed by atoms with Crippen molar-refractivity contribution >= 4 is 5.91 Å². The van der Waals surface area contributed by atoms with Crippen molar-refractivity contribution in [1.29, 1.82) is 0 Å². The first-order valence-corrected chi connectivity index (χ1v) is 9.22. The molecule has 6 heteroatoms. The van der Waals surface area contributed by atoms with Gasteiger partial charge in [-0.25, -0.2) is 0 Å². The highest BCUT2D eigenvalue weighted by molar-refractivity contribution is 5.83. The van der Waals surface area contributed by atoms with Gasteiger partial charge in [-0.1, -0.05) is 36.4 Å². The Morgan fingerprint density at radius 2 is 1.81 bits per heavy atom. The lowest BCUT2D eigenvalue weighted by molar-refractivity contribution is -0.141. The van der Waals surface area contributed by atoms with Crippen LogP contribution in [0.2, 0.25) is 0 Å². The number of fused-ring (bicyclic) bond motifs is 1. The van der Waals surface area contributed by atoms with Crippen molar-refractivity contribution in [2.75, 3.05) is 40.1 Å². The second kappa shape index (κ2) is 7.98. The number of benzene rings is 2. The van der Waals surface area contributed by atoms with Gasteiger partial charge in [-0.2, -0.15) is 0 Å². The van der Waals surface area contributed by atoms with Crippen LogP contribution in [0.15, 0.2) is 48.5 Å². The van der Waals surface area contributed by atoms with Gasteiger partial charge >= 0.3 is 0 Å². The van der Waals surface area contributed by atoms with Crippen molar-refractivity contribution in [2.24, 2.45) is 0 Å². The fourth-order valence-corrected chi connectivity index (χ4v) is 3.60. The lowest BCUT2D eigenvalue weighted by Crippen LogP contribution is -2.46. The Bertz CT molecular complexity index is 790. The molecule has 2 aromatic carbocycles. The molecule has 1 atom stereocenters. The van der Waals surface area contributed by atoms with E-state index in [4.69, 9.17) is 14.2 Å². The molecule has 0 radical (unpaired) electrons. The van der Waals surface area contributed by atoms with E-state index in [-0.39, 0.29) is 18.7 Å². The molecule has 0 aromatic heterocycles. The van der Waals surface area contributed by atoms with Crippen LogP contribution in [0.3, 0.4) is 0 Å². The summed E-state index contributed by atoms with van der Waals surface area (Å²) in [6, 6.07) is 15.5. The van der Waals surface area contributed by atoms with Gasteiger partial charge in [0.2, 0.25) is 12.7 Å². The summed E-state index contributed by atoms with van der Waals surface area (Å²) >= 11 is 0. The predicted molar refractivity (Wildman–Crippen MR) is 101 cm³/mol. The monoisotopic (exact) mass is 368 g/mol. The number of amides is 1. The number of nitrogens with zero attached hydrogens (tertiary/aromatic N) is 2. The number of morpholine rings is 1. The van der Waals surface area contributed by atoms with Gasteiger partial charge in [0.05, 0.1) is 13.2 Å². The second-order valence-corrected chi connectivity index (χ2v) is 6.85. The molecule has 2 aromatic rings. The van der Waals surface area contributed by atoms with Gasteiger partial charge in [-0.3, -0.25) is 9.69 Å². The first-order valence-electron chi connectivity index (χ1n) is 9.22. The Kier molecular flexibility index (Phi) is 5.27. The number of carbonyl (C=O) groups is 1. The van der Waals surface area contributed by atoms with E-state index in [1.807, 2.05) is 60.5 Å². The summed E-state index contributed by atoms with van der Waals surface area (Å²) < 4.78 is 16.3. The molecule has 2 aliphatic rings. The van der Waals surface area contributed by atoms with Gasteiger partial charge in [0.1, 0.15) is 6.04 Å². The van der Waals surface area contributed by atoms with Gasteiger partial charge in [0.25, 0.3) is 0 Å². The van der Waals surface area contributed by atoms with E-state index >= 15 is 0 Å². The third kappa shape index (κ3) is 3.91. The molecule has 1 unspecified atom stereocenters. The van der Waals surface area contributed by atoms with Crippen molar-refractivity contribution in [3.8, 4) is 11.5 Å². The Morgan fingerprint density at radius 1 is 1.07 bits per heavy atom. The lowest BCUT2D eigenvalue weighted by atomic mass is 10.0. The summed E-state index contributed by atoms with van der Waals surface area (Å²) in [6.45, 7) is 3.36. The van der Waals surface area contributed by atoms with Crippen LogP contribution < -0.4 is 9.47 Å². The molecule has 0 spiro atoms. The van der Waals surface area contributed by atoms with Crippen LogP contribution in [-0.2, 0) is 16.1 Å². The summed E-state index contributed by atoms with van der Waals surface area (Å²) in [6.07, 6.45) is 0. The van der Waals surface area contributed by atoms with Crippen molar-refractivity contribution in [1.82, 2.24) is 9.80 Å². The minimum Gasteiger partial charge on any atom is -0.454 e. The van der Waals surface area contributed by atoms with Crippen LogP contribution in [0.25, 0.3) is 0 Å². The normalized spacial score (nSPS) is 17.2. The van der Waals surface area contributed by atoms with Gasteiger partial charge in [0.15, 0.2) is 11.5 Å². The van der Waals surface area contributed by atoms with Crippen LogP contribution >= 0.6 is 0 Å². The SMILES string of the molecule is CN(Cc1ccc2c(c1)OCO2)C(C(=O)N1CCOCC1)c1ccccc1. The molecular formula is C21H24N2O4. The second-order valence-electron chi connectivity index (χ2n) is 6.85. The molecule has 0 saturated carbocycles. The van der Waals surface area contributed by atoms with E-state index < -0.39 is 0 Å². The number of hydrogen-bond acceptors (Lipinski definition) is 5. The molecule has 0 aliphatic carbocycles. The highest BCUT2D eigenvalue weighted by Crippen LogP contribution is 2.33. The van der Waals surface area contributed by atoms with Crippen molar-refractivity contribution in [2.45, 2.75) is 12.6 Å². The summed E-state index contributed by atoms with van der Waals surface area (Å²) in [5.74, 6) is 1.65. The summed E-state index contributed by atoms with van der Waals surface area (Å²) in [7, 11) is 1.99. The maximum absolute atomic E-state index is 13.3. The molecule has 0 bridgehead atoms. The number of hydrogen-bond donors (Lipinski definition) is 0. The minimum absolute atomic E-state index is 0.118. The van der Waals surface area contributed by atoms with Gasteiger partial charge < -0.3 is 19.1 Å². The molecule has 6 nitrogen and oxygen atoms in total. The minimum atomic E-state index is -0.338. The summed E-state index contributed by atoms with van der Waals surface area (Å²) in [4.78, 5) is 17.3. The van der Waals surface area contributed by atoms with E-state index in [2.05, 4.69) is 4.90 Å². The van der Waals surface area contributed by atoms with Crippen LogP contribution in [0, 0.1) is 0 Å². The van der Waals surface area contributed by atoms with Crippen molar-refractivity contribution < 1.29 is 19.0 Å². The molecule has 1 amide bonds. The smallest absolute Gasteiger partial charge is 0.244 e. The zero-order chi connectivity index (χ0) is 18.6. The van der Waals surface area contributed by atoms with E-state index in [1.54, 1.807) is 0 Å². The molecule has 142 valence electrons. The molecule has 2 aliphatic heterocycles. The highest BCUT2D eigenvalue weighted by atomic mass is 16.7. The first-order chi connectivity index (χ1) is 13.2. The van der Waals surface area contributed by atoms with E-state index in [0.29, 0.717) is 32.8 Å². The van der Waals surface area contributed by atoms with E-state index in [0.717, 1.165) is 22.6 Å². The van der Waals surface area contributed by atoms with Crippen LogP contribution in [0.5, 0.6) is 11.5 Å². The third-order valence-electron chi connectivity index (χ3n) is 4.98. The Morgan fingerprint density at radius 3 is 2.59 bits per heavy atom. The first kappa shape index (κ1) is 17.8. The quantitative estimate of drug-likeness (QED) is 0.811. The average Bonchev–Trinajstić information content (AvgIpc) is 3.17. The fourth-order valence-electron chi connectivity index (χ4n) is 3.60. The van der Waals surface area contributed by atoms with Gasteiger partial charge in [0, 0.05) is 19.6 Å². The maximum atomic E-state index is 13.3. The van der Waals surface area contributed by atoms with Crippen molar-refractivity contribution in [3.63, 3.8) is 0 Å². The average molecular weight is 368 g/mol.